The maximum atomic E-state index is 12.5. The van der Waals surface area contributed by atoms with Crippen LogP contribution in [0.15, 0.2) is 73.3 Å². The monoisotopic (exact) mass is 376 g/mol. The number of carbonyl (C=O) groups is 1. The van der Waals surface area contributed by atoms with Crippen LogP contribution in [0.4, 0.5) is 0 Å². The second-order valence-electron chi connectivity index (χ2n) is 6.43. The maximum absolute atomic E-state index is 12.5. The molecule has 0 aliphatic rings. The molecule has 6 heteroatoms. The fourth-order valence-electron chi connectivity index (χ4n) is 3.18. The summed E-state index contributed by atoms with van der Waals surface area (Å²) < 4.78 is 5.60. The number of benzene rings is 1. The van der Waals surface area contributed by atoms with Crippen molar-refractivity contribution in [2.75, 3.05) is 6.61 Å². The molecule has 1 atom stereocenters. The van der Waals surface area contributed by atoms with Crippen LogP contribution in [0.1, 0.15) is 29.7 Å². The first-order valence-electron chi connectivity index (χ1n) is 9.21. The molecule has 2 N–H and O–H groups in total. The van der Waals surface area contributed by atoms with Gasteiger partial charge in [0.05, 0.1) is 6.61 Å². The molecular weight excluding hydrogens is 352 g/mol. The van der Waals surface area contributed by atoms with E-state index in [0.717, 1.165) is 22.4 Å². The molecule has 0 aliphatic heterocycles. The zero-order chi connectivity index (χ0) is 19.8. The molecule has 0 aliphatic carbocycles. The van der Waals surface area contributed by atoms with Crippen molar-refractivity contribution < 1.29 is 9.53 Å². The number of pyridine rings is 2. The third kappa shape index (κ3) is 5.14. The fraction of sp³-hybridized carbons (Fsp3) is 0.227. The van der Waals surface area contributed by atoms with Crippen molar-refractivity contribution in [3.05, 3.63) is 90.0 Å². The van der Waals surface area contributed by atoms with E-state index in [2.05, 4.69) is 9.97 Å². The van der Waals surface area contributed by atoms with Crippen molar-refractivity contribution >= 4 is 5.91 Å². The van der Waals surface area contributed by atoms with Crippen molar-refractivity contribution in [2.24, 2.45) is 5.73 Å². The number of amides is 1. The lowest BCUT2D eigenvalue weighted by Crippen LogP contribution is -2.37. The van der Waals surface area contributed by atoms with E-state index in [-0.39, 0.29) is 0 Å². The van der Waals surface area contributed by atoms with Crippen LogP contribution in [0.25, 0.3) is 0 Å². The van der Waals surface area contributed by atoms with Crippen LogP contribution in [-0.4, -0.2) is 27.4 Å². The molecule has 0 bridgehead atoms. The fourth-order valence-corrected chi connectivity index (χ4v) is 3.18. The smallest absolute Gasteiger partial charge is 0.239 e. The molecule has 6 nitrogen and oxygen atoms in total. The Labute approximate surface area is 165 Å². The summed E-state index contributed by atoms with van der Waals surface area (Å²) in [6.07, 6.45) is 7.02. The molecule has 0 radical (unpaired) electrons. The van der Waals surface area contributed by atoms with Crippen molar-refractivity contribution in [3.63, 3.8) is 0 Å². The summed E-state index contributed by atoms with van der Waals surface area (Å²) in [5, 5.41) is 0. The first-order chi connectivity index (χ1) is 13.7. The lowest BCUT2D eigenvalue weighted by molar-refractivity contribution is -0.124. The molecule has 144 valence electrons. The SMILES string of the molecule is CCOc1cccc(C(C(N)=O)N(Cc2ccncc2)Cc2cccnc2)c1. The van der Waals surface area contributed by atoms with Gasteiger partial charge in [0.25, 0.3) is 0 Å². The van der Waals surface area contributed by atoms with Crippen LogP contribution in [0, 0.1) is 0 Å². The highest BCUT2D eigenvalue weighted by atomic mass is 16.5. The summed E-state index contributed by atoms with van der Waals surface area (Å²) in [5.41, 5.74) is 8.70. The minimum Gasteiger partial charge on any atom is -0.494 e. The number of nitrogens with two attached hydrogens (primary N) is 1. The van der Waals surface area contributed by atoms with Crippen LogP contribution in [-0.2, 0) is 17.9 Å². The Morgan fingerprint density at radius 2 is 1.82 bits per heavy atom. The number of hydrogen-bond acceptors (Lipinski definition) is 5. The Hall–Kier alpha value is -3.25. The molecule has 1 amide bonds. The first kappa shape index (κ1) is 19.5. The van der Waals surface area contributed by atoms with E-state index in [0.29, 0.717) is 19.7 Å². The second kappa shape index (κ2) is 9.62. The number of rotatable bonds is 9. The number of nitrogens with zero attached hydrogens (tertiary/aromatic N) is 3. The molecule has 2 aromatic heterocycles. The van der Waals surface area contributed by atoms with Gasteiger partial charge in [-0.25, -0.2) is 0 Å². The third-order valence-electron chi connectivity index (χ3n) is 4.36. The zero-order valence-electron chi connectivity index (χ0n) is 15.9. The summed E-state index contributed by atoms with van der Waals surface area (Å²) in [5.74, 6) is 0.308. The predicted molar refractivity (Wildman–Crippen MR) is 107 cm³/mol. The molecule has 0 saturated carbocycles. The summed E-state index contributed by atoms with van der Waals surface area (Å²) in [6, 6.07) is 14.7. The lowest BCUT2D eigenvalue weighted by atomic mass is 10.0. The molecule has 1 unspecified atom stereocenters. The van der Waals surface area contributed by atoms with Crippen molar-refractivity contribution in [3.8, 4) is 5.75 Å². The van der Waals surface area contributed by atoms with Crippen LogP contribution < -0.4 is 10.5 Å². The van der Waals surface area contributed by atoms with Gasteiger partial charge in [0.15, 0.2) is 0 Å². The molecular formula is C22H24N4O2. The van der Waals surface area contributed by atoms with Crippen molar-refractivity contribution in [1.29, 1.82) is 0 Å². The lowest BCUT2D eigenvalue weighted by Gasteiger charge is -2.30. The van der Waals surface area contributed by atoms with Gasteiger partial charge in [-0.15, -0.1) is 0 Å². The normalized spacial score (nSPS) is 11.9. The van der Waals surface area contributed by atoms with Gasteiger partial charge in [0, 0.05) is 37.9 Å². The minimum absolute atomic E-state index is 0.411. The average molecular weight is 376 g/mol. The molecule has 0 fully saturated rings. The molecule has 2 heterocycles. The number of hydrogen-bond donors (Lipinski definition) is 1. The van der Waals surface area contributed by atoms with Gasteiger partial charge in [-0.3, -0.25) is 19.7 Å². The largest absolute Gasteiger partial charge is 0.494 e. The maximum Gasteiger partial charge on any atom is 0.239 e. The van der Waals surface area contributed by atoms with Crippen LogP contribution in [0.2, 0.25) is 0 Å². The quantitative estimate of drug-likeness (QED) is 0.621. The highest BCUT2D eigenvalue weighted by Crippen LogP contribution is 2.27. The van der Waals surface area contributed by atoms with Gasteiger partial charge in [0.1, 0.15) is 11.8 Å². The predicted octanol–water partition coefficient (Wildman–Crippen LogP) is 3.10. The van der Waals surface area contributed by atoms with Gasteiger partial charge in [-0.05, 0) is 53.9 Å². The van der Waals surface area contributed by atoms with Gasteiger partial charge in [-0.1, -0.05) is 18.2 Å². The van der Waals surface area contributed by atoms with Crippen LogP contribution in [0.5, 0.6) is 5.75 Å². The Balaban J connectivity index is 1.96. The van der Waals surface area contributed by atoms with E-state index < -0.39 is 11.9 Å². The van der Waals surface area contributed by atoms with Crippen molar-refractivity contribution in [1.82, 2.24) is 14.9 Å². The van der Waals surface area contributed by atoms with Gasteiger partial charge >= 0.3 is 0 Å². The van der Waals surface area contributed by atoms with Gasteiger partial charge in [0.2, 0.25) is 5.91 Å². The number of carbonyl (C=O) groups excluding carboxylic acids is 1. The zero-order valence-corrected chi connectivity index (χ0v) is 15.9. The third-order valence-corrected chi connectivity index (χ3v) is 4.36. The van der Waals surface area contributed by atoms with Crippen molar-refractivity contribution in [2.45, 2.75) is 26.1 Å². The summed E-state index contributed by atoms with van der Waals surface area (Å²) in [6.45, 7) is 3.56. The minimum atomic E-state index is -0.603. The summed E-state index contributed by atoms with van der Waals surface area (Å²) in [7, 11) is 0. The Morgan fingerprint density at radius 3 is 2.50 bits per heavy atom. The van der Waals surface area contributed by atoms with E-state index in [9.17, 15) is 4.79 Å². The number of aromatic nitrogens is 2. The topological polar surface area (TPSA) is 81.3 Å². The van der Waals surface area contributed by atoms with E-state index in [1.54, 1.807) is 24.8 Å². The van der Waals surface area contributed by atoms with E-state index in [1.165, 1.54) is 0 Å². The van der Waals surface area contributed by atoms with E-state index >= 15 is 0 Å². The molecule has 0 saturated heterocycles. The Bertz CT molecular complexity index is 846. The van der Waals surface area contributed by atoms with Crippen LogP contribution in [0.3, 0.4) is 0 Å². The van der Waals surface area contributed by atoms with Crippen LogP contribution >= 0.6 is 0 Å². The molecule has 1 aromatic carbocycles. The highest BCUT2D eigenvalue weighted by molar-refractivity contribution is 5.81. The summed E-state index contributed by atoms with van der Waals surface area (Å²) >= 11 is 0. The first-order valence-corrected chi connectivity index (χ1v) is 9.21. The Kier molecular flexibility index (Phi) is 6.70. The van der Waals surface area contributed by atoms with E-state index in [1.807, 2.05) is 60.4 Å². The number of primary amides is 1. The Morgan fingerprint density at radius 1 is 1.04 bits per heavy atom. The molecule has 0 spiro atoms. The summed E-state index contributed by atoms with van der Waals surface area (Å²) in [4.78, 5) is 22.8. The highest BCUT2D eigenvalue weighted by Gasteiger charge is 2.26. The van der Waals surface area contributed by atoms with E-state index in [4.69, 9.17) is 10.5 Å². The molecule has 3 aromatic rings. The molecule has 3 rings (SSSR count). The molecule has 28 heavy (non-hydrogen) atoms. The second-order valence-corrected chi connectivity index (χ2v) is 6.43. The van der Waals surface area contributed by atoms with Gasteiger partial charge in [-0.2, -0.15) is 0 Å². The number of ether oxygens (including phenoxy) is 1. The van der Waals surface area contributed by atoms with Gasteiger partial charge < -0.3 is 10.5 Å². The average Bonchev–Trinajstić information content (AvgIpc) is 2.70. The standard InChI is InChI=1S/C22H24N4O2/c1-2-28-20-7-3-6-19(13-20)21(22(23)27)26(15-17-8-11-24-12-9-17)16-18-5-4-10-25-14-18/h3-14,21H,2,15-16H2,1H3,(H2,23,27).